The predicted octanol–water partition coefficient (Wildman–Crippen LogP) is 3.60. The number of nitro groups is 1. The number of fused-ring (bicyclic) bond motifs is 1. The molecule has 3 rings (SSSR count). The van der Waals surface area contributed by atoms with Gasteiger partial charge in [0.25, 0.3) is 15.7 Å². The molecule has 1 N–H and O–H groups in total. The van der Waals surface area contributed by atoms with Crippen molar-refractivity contribution in [3.05, 3.63) is 69.9 Å². The maximum atomic E-state index is 12.6. The standard InChI is InChI=1S/C15H10ClN3O4S/c16-11-8-9-17-15-10(11)4-3-5-12(15)18-24(22,23)14-7-2-1-6-13(14)19(20)21/h1-9,18H. The predicted molar refractivity (Wildman–Crippen MR) is 90.7 cm³/mol. The van der Waals surface area contributed by atoms with Crippen LogP contribution in [0, 0.1) is 10.1 Å². The number of benzene rings is 2. The topological polar surface area (TPSA) is 102 Å². The summed E-state index contributed by atoms with van der Waals surface area (Å²) in [5.41, 5.74) is 0.0385. The molecule has 3 aromatic rings. The Balaban J connectivity index is 2.12. The fourth-order valence-corrected chi connectivity index (χ4v) is 3.71. The molecule has 2 aromatic carbocycles. The third-order valence-electron chi connectivity index (χ3n) is 3.31. The molecule has 0 spiro atoms. The van der Waals surface area contributed by atoms with Crippen LogP contribution in [0.4, 0.5) is 11.4 Å². The summed E-state index contributed by atoms with van der Waals surface area (Å²) in [6.45, 7) is 0. The van der Waals surface area contributed by atoms with E-state index in [1.165, 1.54) is 30.5 Å². The Hall–Kier alpha value is -2.71. The fraction of sp³-hybridized carbons (Fsp3) is 0. The molecule has 0 saturated heterocycles. The molecule has 7 nitrogen and oxygen atoms in total. The van der Waals surface area contributed by atoms with Crippen LogP contribution in [0.3, 0.4) is 0 Å². The van der Waals surface area contributed by atoms with Gasteiger partial charge in [-0.15, -0.1) is 0 Å². The lowest BCUT2D eigenvalue weighted by atomic mass is 10.2. The van der Waals surface area contributed by atoms with Crippen LogP contribution in [0.1, 0.15) is 0 Å². The highest BCUT2D eigenvalue weighted by Gasteiger charge is 2.25. The lowest BCUT2D eigenvalue weighted by Crippen LogP contribution is -2.15. The number of nitrogens with zero attached hydrogens (tertiary/aromatic N) is 2. The van der Waals surface area contributed by atoms with Crippen LogP contribution in [0.15, 0.2) is 59.6 Å². The van der Waals surface area contributed by atoms with Crippen molar-refractivity contribution < 1.29 is 13.3 Å². The van der Waals surface area contributed by atoms with E-state index in [0.29, 0.717) is 15.9 Å². The molecule has 122 valence electrons. The summed E-state index contributed by atoms with van der Waals surface area (Å²) in [6, 6.07) is 11.5. The van der Waals surface area contributed by atoms with E-state index in [-0.39, 0.29) is 5.69 Å². The first-order valence-electron chi connectivity index (χ1n) is 6.69. The van der Waals surface area contributed by atoms with Gasteiger partial charge in [-0.05, 0) is 18.2 Å². The number of anilines is 1. The average Bonchev–Trinajstić information content (AvgIpc) is 2.55. The molecule has 0 unspecified atom stereocenters. The van der Waals surface area contributed by atoms with E-state index >= 15 is 0 Å². The first-order valence-corrected chi connectivity index (χ1v) is 8.56. The van der Waals surface area contributed by atoms with E-state index < -0.39 is 25.5 Å². The summed E-state index contributed by atoms with van der Waals surface area (Å²) in [6.07, 6.45) is 1.45. The Morgan fingerprint density at radius 2 is 1.83 bits per heavy atom. The molecule has 0 saturated carbocycles. The number of sulfonamides is 1. The number of halogens is 1. The zero-order valence-electron chi connectivity index (χ0n) is 12.0. The number of rotatable bonds is 4. The van der Waals surface area contributed by atoms with Gasteiger partial charge in [-0.1, -0.05) is 35.9 Å². The van der Waals surface area contributed by atoms with Crippen LogP contribution >= 0.6 is 11.6 Å². The zero-order valence-corrected chi connectivity index (χ0v) is 13.6. The molecule has 9 heteroatoms. The van der Waals surface area contributed by atoms with Gasteiger partial charge < -0.3 is 0 Å². The molecule has 0 bridgehead atoms. The molecule has 0 fully saturated rings. The minimum atomic E-state index is -4.17. The summed E-state index contributed by atoms with van der Waals surface area (Å²) in [5, 5.41) is 12.1. The van der Waals surface area contributed by atoms with Crippen molar-refractivity contribution >= 4 is 43.9 Å². The van der Waals surface area contributed by atoms with Crippen LogP contribution in [-0.4, -0.2) is 18.3 Å². The molecule has 24 heavy (non-hydrogen) atoms. The average molecular weight is 364 g/mol. The second-order valence-electron chi connectivity index (χ2n) is 4.82. The molecule has 0 atom stereocenters. The van der Waals surface area contributed by atoms with Gasteiger partial charge in [0, 0.05) is 17.6 Å². The van der Waals surface area contributed by atoms with E-state index in [4.69, 9.17) is 11.6 Å². The molecule has 0 amide bonds. The van der Waals surface area contributed by atoms with Crippen LogP contribution < -0.4 is 4.72 Å². The summed E-state index contributed by atoms with van der Waals surface area (Å²) >= 11 is 6.08. The maximum absolute atomic E-state index is 12.6. The van der Waals surface area contributed by atoms with Crippen molar-refractivity contribution in [2.75, 3.05) is 4.72 Å². The van der Waals surface area contributed by atoms with E-state index in [1.807, 2.05) is 0 Å². The number of hydrogen-bond donors (Lipinski definition) is 1. The van der Waals surface area contributed by atoms with E-state index in [0.717, 1.165) is 6.07 Å². The molecule has 0 aliphatic carbocycles. The molecular weight excluding hydrogens is 354 g/mol. The van der Waals surface area contributed by atoms with Crippen LogP contribution in [0.5, 0.6) is 0 Å². The van der Waals surface area contributed by atoms with Crippen molar-refractivity contribution in [3.63, 3.8) is 0 Å². The Morgan fingerprint density at radius 1 is 1.08 bits per heavy atom. The Morgan fingerprint density at radius 3 is 2.58 bits per heavy atom. The third kappa shape index (κ3) is 2.89. The third-order valence-corrected chi connectivity index (χ3v) is 5.06. The van der Waals surface area contributed by atoms with Crippen molar-refractivity contribution in [2.24, 2.45) is 0 Å². The first-order chi connectivity index (χ1) is 11.4. The molecule has 0 aliphatic heterocycles. The van der Waals surface area contributed by atoms with Gasteiger partial charge >= 0.3 is 0 Å². The number of pyridine rings is 1. The second-order valence-corrected chi connectivity index (χ2v) is 6.88. The number of nitrogens with one attached hydrogen (secondary N) is 1. The fourth-order valence-electron chi connectivity index (χ4n) is 2.26. The van der Waals surface area contributed by atoms with Gasteiger partial charge in [0.1, 0.15) is 0 Å². The summed E-state index contributed by atoms with van der Waals surface area (Å²) in [5.74, 6) is 0. The smallest absolute Gasteiger partial charge is 0.277 e. The van der Waals surface area contributed by atoms with Gasteiger partial charge in [-0.2, -0.15) is 0 Å². The van der Waals surface area contributed by atoms with Crippen molar-refractivity contribution in [1.82, 2.24) is 4.98 Å². The summed E-state index contributed by atoms with van der Waals surface area (Å²) < 4.78 is 27.5. The largest absolute Gasteiger partial charge is 0.289 e. The van der Waals surface area contributed by atoms with Crippen molar-refractivity contribution in [2.45, 2.75) is 4.90 Å². The normalized spacial score (nSPS) is 11.4. The molecule has 1 heterocycles. The van der Waals surface area contributed by atoms with E-state index in [9.17, 15) is 18.5 Å². The number of nitro benzene ring substituents is 1. The maximum Gasteiger partial charge on any atom is 0.289 e. The Labute approximate surface area is 142 Å². The minimum absolute atomic E-state index is 0.188. The molecule has 0 radical (unpaired) electrons. The van der Waals surface area contributed by atoms with Crippen molar-refractivity contribution in [1.29, 1.82) is 0 Å². The van der Waals surface area contributed by atoms with E-state index in [2.05, 4.69) is 9.71 Å². The monoisotopic (exact) mass is 363 g/mol. The van der Waals surface area contributed by atoms with Crippen molar-refractivity contribution in [3.8, 4) is 0 Å². The first kappa shape index (κ1) is 16.2. The molecular formula is C15H10ClN3O4S. The molecule has 0 aliphatic rings. The van der Waals surface area contributed by atoms with Gasteiger partial charge in [-0.3, -0.25) is 19.8 Å². The van der Waals surface area contributed by atoms with Gasteiger partial charge in [-0.25, -0.2) is 8.42 Å². The van der Waals surface area contributed by atoms with E-state index in [1.54, 1.807) is 18.2 Å². The number of aromatic nitrogens is 1. The van der Waals surface area contributed by atoms with Gasteiger partial charge in [0.15, 0.2) is 4.90 Å². The van der Waals surface area contributed by atoms with Gasteiger partial charge in [0.05, 0.1) is 21.2 Å². The summed E-state index contributed by atoms with van der Waals surface area (Å²) in [7, 11) is -4.17. The zero-order chi connectivity index (χ0) is 17.3. The highest BCUT2D eigenvalue weighted by atomic mass is 35.5. The SMILES string of the molecule is O=[N+]([O-])c1ccccc1S(=O)(=O)Nc1cccc2c(Cl)ccnc12. The quantitative estimate of drug-likeness (QED) is 0.563. The second kappa shape index (κ2) is 6.06. The van der Waals surface area contributed by atoms with Gasteiger partial charge in [0.2, 0.25) is 0 Å². The number of para-hydroxylation sites is 2. The minimum Gasteiger partial charge on any atom is -0.277 e. The number of hydrogen-bond acceptors (Lipinski definition) is 5. The van der Waals surface area contributed by atoms with Crippen LogP contribution in [-0.2, 0) is 10.0 Å². The molecule has 1 aromatic heterocycles. The highest BCUT2D eigenvalue weighted by molar-refractivity contribution is 7.92. The lowest BCUT2D eigenvalue weighted by molar-refractivity contribution is -0.387. The highest BCUT2D eigenvalue weighted by Crippen LogP contribution is 2.30. The lowest BCUT2D eigenvalue weighted by Gasteiger charge is -2.10. The van der Waals surface area contributed by atoms with Crippen LogP contribution in [0.25, 0.3) is 10.9 Å². The Bertz CT molecular complexity index is 1050. The Kier molecular flexibility index (Phi) is 4.08. The van der Waals surface area contributed by atoms with Crippen LogP contribution in [0.2, 0.25) is 5.02 Å². The summed E-state index contributed by atoms with van der Waals surface area (Å²) in [4.78, 5) is 14.0.